The smallest absolute Gasteiger partial charge is 0.0659 e. The van der Waals surface area contributed by atoms with Crippen molar-refractivity contribution in [3.8, 4) is 0 Å². The summed E-state index contributed by atoms with van der Waals surface area (Å²) in [6.45, 7) is 2.50. The van der Waals surface area contributed by atoms with E-state index in [1.807, 2.05) is 42.5 Å². The Bertz CT molecular complexity index is 1140. The zero-order chi connectivity index (χ0) is 19.5. The molecule has 8 bridgehead atoms. The lowest BCUT2D eigenvalue weighted by Gasteiger charge is -1.86. The molecule has 0 radical (unpaired) electrons. The minimum Gasteiger partial charge on any atom is -0.355 e. The van der Waals surface area contributed by atoms with Gasteiger partial charge >= 0.3 is 0 Å². The summed E-state index contributed by atoms with van der Waals surface area (Å²) in [5, 5.41) is 3.22. The van der Waals surface area contributed by atoms with Crippen LogP contribution in [0.3, 0.4) is 0 Å². The molecule has 3 N–H and O–H groups in total. The highest BCUT2D eigenvalue weighted by atomic mass is 14.9. The van der Waals surface area contributed by atoms with Crippen molar-refractivity contribution in [2.75, 3.05) is 13.1 Å². The minimum atomic E-state index is 0.915. The summed E-state index contributed by atoms with van der Waals surface area (Å²) < 4.78 is 0. The lowest BCUT2D eigenvalue weighted by molar-refractivity contribution is 0.857. The van der Waals surface area contributed by atoms with Gasteiger partial charge < -0.3 is 15.3 Å². The second-order valence-electron chi connectivity index (χ2n) is 7.36. The van der Waals surface area contributed by atoms with E-state index in [4.69, 9.17) is 0 Å². The van der Waals surface area contributed by atoms with Crippen LogP contribution in [-0.4, -0.2) is 33.0 Å². The molecule has 6 rings (SSSR count). The summed E-state index contributed by atoms with van der Waals surface area (Å²) in [6.07, 6.45) is 10.8. The Hall–Kier alpha value is -3.44. The summed E-state index contributed by atoms with van der Waals surface area (Å²) >= 11 is 0. The number of aromatic nitrogens is 4. The van der Waals surface area contributed by atoms with Gasteiger partial charge in [0, 0.05) is 22.1 Å². The number of fused-ring (bicyclic) bond motifs is 8. The highest BCUT2D eigenvalue weighted by Gasteiger charge is 2.02. The lowest BCUT2D eigenvalue weighted by atomic mass is 10.3. The van der Waals surface area contributed by atoms with Crippen molar-refractivity contribution in [2.24, 2.45) is 0 Å². The van der Waals surface area contributed by atoms with Gasteiger partial charge in [0.25, 0.3) is 0 Å². The molecule has 6 heterocycles. The van der Waals surface area contributed by atoms with Crippen molar-refractivity contribution in [1.82, 2.24) is 25.3 Å². The van der Waals surface area contributed by atoms with Gasteiger partial charge in [-0.25, -0.2) is 9.97 Å². The fourth-order valence-electron chi connectivity index (χ4n) is 3.57. The number of nitrogens with zero attached hydrogens (tertiary/aromatic N) is 2. The molecule has 0 aromatic carbocycles. The molecule has 5 heteroatoms. The normalized spacial score (nSPS) is 14.6. The Labute approximate surface area is 169 Å². The molecule has 0 saturated carbocycles. The molecule has 0 aliphatic carbocycles. The third kappa shape index (κ3) is 4.36. The van der Waals surface area contributed by atoms with Gasteiger partial charge in [-0.1, -0.05) is 0 Å². The summed E-state index contributed by atoms with van der Waals surface area (Å²) in [7, 11) is 0. The Morgan fingerprint density at radius 2 is 0.931 bits per heavy atom. The number of H-pyrrole nitrogens is 2. The first-order valence-electron chi connectivity index (χ1n) is 10.1. The highest BCUT2D eigenvalue weighted by molar-refractivity contribution is 5.77. The van der Waals surface area contributed by atoms with E-state index in [1.54, 1.807) is 0 Å². The molecule has 0 amide bonds. The van der Waals surface area contributed by atoms with E-state index < -0.39 is 0 Å². The molecule has 29 heavy (non-hydrogen) atoms. The van der Waals surface area contributed by atoms with Crippen LogP contribution in [0, 0.1) is 0 Å². The van der Waals surface area contributed by atoms with Gasteiger partial charge in [0.15, 0.2) is 0 Å². The zero-order valence-corrected chi connectivity index (χ0v) is 16.2. The Kier molecular flexibility index (Phi) is 4.80. The molecule has 144 valence electrons. The number of nitrogens with one attached hydrogen (secondary N) is 3. The van der Waals surface area contributed by atoms with E-state index in [2.05, 4.69) is 55.6 Å². The van der Waals surface area contributed by atoms with Crippen molar-refractivity contribution >= 4 is 46.4 Å². The average molecular weight is 381 g/mol. The SMILES string of the molecule is C1=Cc2cc3ccc(cc4ccc(cc5nc(cc1n2)C=C5)[nH]4)[nH]3.C1CCNC1. The lowest BCUT2D eigenvalue weighted by Crippen LogP contribution is -2.03. The van der Waals surface area contributed by atoms with E-state index in [0.717, 1.165) is 44.8 Å². The molecular formula is C24H23N5. The topological polar surface area (TPSA) is 69.4 Å². The van der Waals surface area contributed by atoms with E-state index in [9.17, 15) is 0 Å². The van der Waals surface area contributed by atoms with Crippen LogP contribution in [0.25, 0.3) is 46.4 Å². The monoisotopic (exact) mass is 381 g/mol. The van der Waals surface area contributed by atoms with Gasteiger partial charge in [0.2, 0.25) is 0 Å². The summed E-state index contributed by atoms with van der Waals surface area (Å²) in [6, 6.07) is 16.4. The molecule has 0 unspecified atom stereocenters. The van der Waals surface area contributed by atoms with Crippen LogP contribution in [-0.2, 0) is 0 Å². The maximum absolute atomic E-state index is 4.62. The summed E-state index contributed by atoms with van der Waals surface area (Å²) in [5.74, 6) is 0. The second-order valence-corrected chi connectivity index (χ2v) is 7.36. The van der Waals surface area contributed by atoms with Crippen LogP contribution in [0.15, 0.2) is 48.5 Å². The molecule has 3 aromatic rings. The van der Waals surface area contributed by atoms with E-state index in [-0.39, 0.29) is 0 Å². The third-order valence-electron chi connectivity index (χ3n) is 5.00. The predicted octanol–water partition coefficient (Wildman–Crippen LogP) is 5.03. The molecular weight excluding hydrogens is 358 g/mol. The molecule has 3 aliphatic rings. The Morgan fingerprint density at radius 3 is 1.34 bits per heavy atom. The van der Waals surface area contributed by atoms with Crippen molar-refractivity contribution in [3.63, 3.8) is 0 Å². The molecule has 5 nitrogen and oxygen atoms in total. The number of hydrogen-bond donors (Lipinski definition) is 3. The number of hydrogen-bond acceptors (Lipinski definition) is 3. The molecule has 3 aromatic heterocycles. The van der Waals surface area contributed by atoms with Crippen molar-refractivity contribution in [3.05, 3.63) is 71.3 Å². The zero-order valence-electron chi connectivity index (χ0n) is 16.2. The number of aromatic amines is 2. The maximum Gasteiger partial charge on any atom is 0.0659 e. The summed E-state index contributed by atoms with van der Waals surface area (Å²) in [5.41, 5.74) is 7.86. The predicted molar refractivity (Wildman–Crippen MR) is 121 cm³/mol. The van der Waals surface area contributed by atoms with Gasteiger partial charge in [-0.3, -0.25) is 0 Å². The van der Waals surface area contributed by atoms with E-state index >= 15 is 0 Å². The van der Waals surface area contributed by atoms with Crippen LogP contribution in [0.1, 0.15) is 35.6 Å². The molecule has 3 aliphatic heterocycles. The Morgan fingerprint density at radius 1 is 0.517 bits per heavy atom. The van der Waals surface area contributed by atoms with Gasteiger partial charge in [0.1, 0.15) is 0 Å². The number of rotatable bonds is 0. The van der Waals surface area contributed by atoms with Crippen molar-refractivity contribution < 1.29 is 0 Å². The van der Waals surface area contributed by atoms with Gasteiger partial charge in [-0.05, 0) is 98.8 Å². The first-order chi connectivity index (χ1) is 14.3. The van der Waals surface area contributed by atoms with Crippen LogP contribution >= 0.6 is 0 Å². The van der Waals surface area contributed by atoms with Gasteiger partial charge in [-0.15, -0.1) is 0 Å². The average Bonchev–Trinajstić information content (AvgIpc) is 3.50. The van der Waals surface area contributed by atoms with E-state index in [0.29, 0.717) is 0 Å². The second kappa shape index (κ2) is 7.89. The first-order valence-corrected chi connectivity index (χ1v) is 10.1. The fraction of sp³-hybridized carbons (Fsp3) is 0.167. The van der Waals surface area contributed by atoms with Gasteiger partial charge in [-0.2, -0.15) is 0 Å². The van der Waals surface area contributed by atoms with Crippen LogP contribution < -0.4 is 5.32 Å². The molecule has 0 spiro atoms. The van der Waals surface area contributed by atoms with Gasteiger partial charge in [0.05, 0.1) is 22.8 Å². The Balaban J connectivity index is 0.000000319. The molecule has 0 atom stereocenters. The first kappa shape index (κ1) is 17.6. The summed E-state index contributed by atoms with van der Waals surface area (Å²) in [4.78, 5) is 16.0. The van der Waals surface area contributed by atoms with Crippen LogP contribution in [0.2, 0.25) is 0 Å². The van der Waals surface area contributed by atoms with Crippen molar-refractivity contribution in [1.29, 1.82) is 0 Å². The quantitative estimate of drug-likeness (QED) is 0.352. The molecule has 1 saturated heterocycles. The highest BCUT2D eigenvalue weighted by Crippen LogP contribution is 2.17. The minimum absolute atomic E-state index is 0.915. The third-order valence-corrected chi connectivity index (χ3v) is 5.00. The van der Waals surface area contributed by atoms with Crippen molar-refractivity contribution in [2.45, 2.75) is 12.8 Å². The fourth-order valence-corrected chi connectivity index (χ4v) is 3.57. The van der Waals surface area contributed by atoms with E-state index in [1.165, 1.54) is 25.9 Å². The standard InChI is InChI=1S/C20H14N4.C4H9N/c1-2-14-10-16-5-6-18(23-16)12-20-8-7-19(24-20)11-17-4-3-15(22-17)9-13(1)21-14;1-2-4-5-3-1/h1-12,21-22H;5H,1-4H2. The maximum atomic E-state index is 4.62. The largest absolute Gasteiger partial charge is 0.355 e. The molecule has 1 fully saturated rings. The van der Waals surface area contributed by atoms with Crippen LogP contribution in [0.5, 0.6) is 0 Å². The van der Waals surface area contributed by atoms with Crippen LogP contribution in [0.4, 0.5) is 0 Å².